The quantitative estimate of drug-likeness (QED) is 0.0791. The molecule has 4 N–H and O–H groups in total. The maximum absolute atomic E-state index is 11.8. The summed E-state index contributed by atoms with van der Waals surface area (Å²) < 4.78 is 20.5. The van der Waals surface area contributed by atoms with Gasteiger partial charge in [0.2, 0.25) is 0 Å². The molecule has 402 valence electrons. The standard InChI is InChI=1S/4C13H15NO4.2Rh/c4*15-12(16)11-7-4-8-14(11)13(17)18-9-10-5-2-1-3-6-10;;/h4*1-3,5-6,11H,4,7-9H2,(H,15,16);;/t4*11-;;/m0000../s1. The molecule has 4 aromatic carbocycles. The van der Waals surface area contributed by atoms with Crippen molar-refractivity contribution >= 4 is 48.3 Å². The largest absolute Gasteiger partial charge is 0.480 e. The number of ether oxygens (including phenoxy) is 4. The molecular formula is C52H60N4O16Rh2. The summed E-state index contributed by atoms with van der Waals surface area (Å²) in [7, 11) is 0. The molecule has 20 nitrogen and oxygen atoms in total. The summed E-state index contributed by atoms with van der Waals surface area (Å²) in [6.45, 7) is 2.47. The van der Waals surface area contributed by atoms with Crippen LogP contribution in [0.2, 0.25) is 0 Å². The Labute approximate surface area is 454 Å². The second-order valence-electron chi connectivity index (χ2n) is 16.9. The third-order valence-corrected chi connectivity index (χ3v) is 11.9. The van der Waals surface area contributed by atoms with Crippen LogP contribution in [0.4, 0.5) is 19.2 Å². The van der Waals surface area contributed by atoms with Crippen LogP contribution in [-0.2, 0) is 104 Å². The average molecular weight is 1200 g/mol. The SMILES string of the molecule is O=C(O)[C@@H]1CCCN1C(=O)OCc1ccccc1.O=C(O)[C@@H]1CCCN1C(=O)OCc1ccccc1.O=C(O)[C@@H]1CCCN1C(=O)OCc1ccccc1.O=C(O)[C@@H]1CCCN1C(=O)OCc1ccccc1.[Rh].[Rh]. The van der Waals surface area contributed by atoms with E-state index in [0.29, 0.717) is 77.5 Å². The average Bonchev–Trinajstić information content (AvgIpc) is 4.26. The molecule has 4 fully saturated rings. The van der Waals surface area contributed by atoms with E-state index in [9.17, 15) is 38.4 Å². The first kappa shape index (κ1) is 61.4. The number of carbonyl (C=O) groups excluding carboxylic acids is 4. The summed E-state index contributed by atoms with van der Waals surface area (Å²) in [5, 5.41) is 35.9. The topological polar surface area (TPSA) is 267 Å². The molecule has 2 radical (unpaired) electrons. The van der Waals surface area contributed by atoms with Crippen molar-refractivity contribution in [2.75, 3.05) is 26.2 Å². The van der Waals surface area contributed by atoms with Crippen LogP contribution in [0.3, 0.4) is 0 Å². The van der Waals surface area contributed by atoms with Crippen LogP contribution in [0, 0.1) is 0 Å². The van der Waals surface area contributed by atoms with E-state index < -0.39 is 72.4 Å². The summed E-state index contributed by atoms with van der Waals surface area (Å²) in [6.07, 6.45) is 2.60. The van der Waals surface area contributed by atoms with Gasteiger partial charge in [-0.2, -0.15) is 0 Å². The minimum atomic E-state index is -0.968. The third-order valence-electron chi connectivity index (χ3n) is 11.9. The van der Waals surface area contributed by atoms with Gasteiger partial charge in [-0.15, -0.1) is 0 Å². The maximum atomic E-state index is 11.8. The summed E-state index contributed by atoms with van der Waals surface area (Å²) in [5.41, 5.74) is 3.54. The smallest absolute Gasteiger partial charge is 0.410 e. The molecule has 0 saturated carbocycles. The fourth-order valence-corrected chi connectivity index (χ4v) is 8.18. The predicted octanol–water partition coefficient (Wildman–Crippen LogP) is 7.48. The van der Waals surface area contributed by atoms with E-state index in [-0.39, 0.29) is 65.4 Å². The molecule has 0 bridgehead atoms. The molecule has 4 atom stereocenters. The van der Waals surface area contributed by atoms with Crippen molar-refractivity contribution in [1.82, 2.24) is 19.6 Å². The van der Waals surface area contributed by atoms with Gasteiger partial charge in [-0.25, -0.2) is 38.4 Å². The van der Waals surface area contributed by atoms with Crippen LogP contribution in [0.25, 0.3) is 0 Å². The number of hydrogen-bond donors (Lipinski definition) is 4. The van der Waals surface area contributed by atoms with Crippen molar-refractivity contribution in [3.05, 3.63) is 144 Å². The number of aliphatic carboxylic acids is 4. The van der Waals surface area contributed by atoms with Gasteiger partial charge in [-0.05, 0) is 73.6 Å². The molecule has 0 aliphatic carbocycles. The first-order valence-electron chi connectivity index (χ1n) is 23.5. The zero-order valence-corrected chi connectivity index (χ0v) is 43.6. The Kier molecular flexibility index (Phi) is 26.8. The molecule has 4 aliphatic heterocycles. The molecule has 4 heterocycles. The second-order valence-corrected chi connectivity index (χ2v) is 16.9. The molecule has 0 unspecified atom stereocenters. The van der Waals surface area contributed by atoms with E-state index in [2.05, 4.69) is 0 Å². The van der Waals surface area contributed by atoms with Gasteiger partial charge in [0.25, 0.3) is 0 Å². The molecule has 4 aliphatic rings. The number of hydrogen-bond acceptors (Lipinski definition) is 12. The minimum absolute atomic E-state index is 0. The Morgan fingerprint density at radius 1 is 0.338 bits per heavy atom. The number of carboxylic acids is 4. The van der Waals surface area contributed by atoms with Gasteiger partial charge in [-0.1, -0.05) is 121 Å². The number of carboxylic acid groups (broad SMARTS) is 4. The molecule has 74 heavy (non-hydrogen) atoms. The third kappa shape index (κ3) is 19.5. The van der Waals surface area contributed by atoms with Crippen molar-refractivity contribution in [3.63, 3.8) is 0 Å². The monoisotopic (exact) mass is 1200 g/mol. The zero-order valence-electron chi connectivity index (χ0n) is 40.3. The van der Waals surface area contributed by atoms with Gasteiger partial charge in [-0.3, -0.25) is 19.6 Å². The van der Waals surface area contributed by atoms with Crippen LogP contribution in [0.1, 0.15) is 73.6 Å². The fraction of sp³-hybridized carbons (Fsp3) is 0.385. The molecule has 4 aromatic rings. The van der Waals surface area contributed by atoms with Gasteiger partial charge < -0.3 is 39.4 Å². The molecule has 4 amide bonds. The van der Waals surface area contributed by atoms with Gasteiger partial charge in [0.1, 0.15) is 50.6 Å². The Hall–Kier alpha value is -6.91. The Bertz CT molecular complexity index is 2070. The Morgan fingerprint density at radius 2 is 0.514 bits per heavy atom. The van der Waals surface area contributed by atoms with Crippen molar-refractivity contribution in [2.45, 2.75) is 102 Å². The predicted molar refractivity (Wildman–Crippen MR) is 256 cm³/mol. The number of rotatable bonds is 12. The summed E-state index contributed by atoms with van der Waals surface area (Å²) in [5.74, 6) is -3.87. The van der Waals surface area contributed by atoms with Crippen LogP contribution >= 0.6 is 0 Å². The fourth-order valence-electron chi connectivity index (χ4n) is 8.18. The van der Waals surface area contributed by atoms with Crippen molar-refractivity contribution in [3.8, 4) is 0 Å². The minimum Gasteiger partial charge on any atom is -0.480 e. The molecule has 4 saturated heterocycles. The molecule has 0 spiro atoms. The first-order valence-corrected chi connectivity index (χ1v) is 23.5. The van der Waals surface area contributed by atoms with Crippen molar-refractivity contribution in [2.24, 2.45) is 0 Å². The second kappa shape index (κ2) is 32.3. The van der Waals surface area contributed by atoms with Crippen LogP contribution in [-0.4, -0.2) is 139 Å². The van der Waals surface area contributed by atoms with Crippen molar-refractivity contribution < 1.29 is 117 Å². The van der Waals surface area contributed by atoms with Gasteiger partial charge in [0, 0.05) is 65.1 Å². The van der Waals surface area contributed by atoms with E-state index >= 15 is 0 Å². The first-order chi connectivity index (χ1) is 34.7. The van der Waals surface area contributed by atoms with Crippen LogP contribution in [0.15, 0.2) is 121 Å². The number of likely N-dealkylation sites (tertiary alicyclic amines) is 4. The number of benzene rings is 4. The molecule has 0 aromatic heterocycles. The van der Waals surface area contributed by atoms with Crippen LogP contribution < -0.4 is 0 Å². The van der Waals surface area contributed by atoms with Gasteiger partial charge >= 0.3 is 48.3 Å². The maximum Gasteiger partial charge on any atom is 0.410 e. The molecule has 8 rings (SSSR count). The number of carbonyl (C=O) groups is 8. The van der Waals surface area contributed by atoms with E-state index in [1.165, 1.54) is 19.6 Å². The van der Waals surface area contributed by atoms with E-state index in [0.717, 1.165) is 22.3 Å². The summed E-state index contributed by atoms with van der Waals surface area (Å²) in [6, 6.07) is 34.3. The van der Waals surface area contributed by atoms with E-state index in [4.69, 9.17) is 39.4 Å². The summed E-state index contributed by atoms with van der Waals surface area (Å²) in [4.78, 5) is 96.0. The van der Waals surface area contributed by atoms with Crippen LogP contribution in [0.5, 0.6) is 0 Å². The normalized spacial score (nSPS) is 18.2. The Morgan fingerprint density at radius 3 is 0.676 bits per heavy atom. The van der Waals surface area contributed by atoms with E-state index in [1.807, 2.05) is 121 Å². The van der Waals surface area contributed by atoms with Gasteiger partial charge in [0.15, 0.2) is 0 Å². The number of amides is 4. The Balaban J connectivity index is 0.000000258. The van der Waals surface area contributed by atoms with E-state index in [1.54, 1.807) is 0 Å². The zero-order chi connectivity index (χ0) is 51.8. The molecular weight excluding hydrogens is 1140 g/mol. The number of nitrogens with zero attached hydrogens (tertiary/aromatic N) is 4. The summed E-state index contributed by atoms with van der Waals surface area (Å²) >= 11 is 0. The molecule has 22 heteroatoms. The van der Waals surface area contributed by atoms with Crippen molar-refractivity contribution in [1.29, 1.82) is 0 Å². The van der Waals surface area contributed by atoms with Gasteiger partial charge in [0.05, 0.1) is 0 Å².